The van der Waals surface area contributed by atoms with Crippen molar-refractivity contribution >= 4 is 27.5 Å². The summed E-state index contributed by atoms with van der Waals surface area (Å²) in [5.74, 6) is 0.354. The van der Waals surface area contributed by atoms with E-state index in [0.29, 0.717) is 16.5 Å². The summed E-state index contributed by atoms with van der Waals surface area (Å²) < 4.78 is 26.2. The summed E-state index contributed by atoms with van der Waals surface area (Å²) in [5, 5.41) is 0.316. The number of hydrogen-bond acceptors (Lipinski definition) is 0. The molecule has 0 amide bonds. The fourth-order valence-corrected chi connectivity index (χ4v) is 4.83. The van der Waals surface area contributed by atoms with Gasteiger partial charge in [0.1, 0.15) is 0 Å². The number of halogens is 4. The Balaban J connectivity index is 1.87. The summed E-state index contributed by atoms with van der Waals surface area (Å²) in [6.45, 7) is 0. The first kappa shape index (κ1) is 11.9. The van der Waals surface area contributed by atoms with Crippen LogP contribution in [0, 0.1) is 29.4 Å². The van der Waals surface area contributed by atoms with Crippen LogP contribution in [0.3, 0.4) is 0 Å². The predicted molar refractivity (Wildman–Crippen MR) is 67.4 cm³/mol. The average molecular weight is 322 g/mol. The molecule has 0 spiro atoms. The molecule has 2 aliphatic carbocycles. The van der Waals surface area contributed by atoms with Gasteiger partial charge in [0.05, 0.1) is 0 Å². The maximum atomic E-state index is 13.2. The van der Waals surface area contributed by atoms with E-state index >= 15 is 0 Å². The molecule has 0 saturated heterocycles. The minimum Gasteiger partial charge on any atom is -0.204 e. The second kappa shape index (κ2) is 4.20. The summed E-state index contributed by atoms with van der Waals surface area (Å²) in [4.78, 5) is 0.0559. The van der Waals surface area contributed by atoms with Crippen molar-refractivity contribution in [2.45, 2.75) is 24.1 Å². The van der Waals surface area contributed by atoms with Gasteiger partial charge in [-0.2, -0.15) is 0 Å². The Bertz CT molecular complexity index is 453. The van der Waals surface area contributed by atoms with Crippen LogP contribution in [0.1, 0.15) is 29.7 Å². The van der Waals surface area contributed by atoms with Crippen LogP contribution in [0.2, 0.25) is 5.02 Å². The van der Waals surface area contributed by atoms with E-state index < -0.39 is 11.6 Å². The Hall–Kier alpha value is -0.150. The molecular weight excluding hydrogens is 309 g/mol. The summed E-state index contributed by atoms with van der Waals surface area (Å²) >= 11 is 9.59. The monoisotopic (exact) mass is 320 g/mol. The van der Waals surface area contributed by atoms with Crippen LogP contribution in [0.15, 0.2) is 12.1 Å². The summed E-state index contributed by atoms with van der Waals surface area (Å²) in [5.41, 5.74) is 0.685. The van der Waals surface area contributed by atoms with E-state index in [1.165, 1.54) is 25.3 Å². The highest BCUT2D eigenvalue weighted by Gasteiger charge is 2.55. The van der Waals surface area contributed by atoms with E-state index in [0.717, 1.165) is 17.9 Å². The number of fused-ring (bicyclic) bond motifs is 1. The maximum absolute atomic E-state index is 13.2. The van der Waals surface area contributed by atoms with Gasteiger partial charge in [0.2, 0.25) is 0 Å². The maximum Gasteiger partial charge on any atom is 0.160 e. The SMILES string of the molecule is Fc1cc(Cl)c(C(Br)C2C3CCCC32)cc1F. The van der Waals surface area contributed by atoms with Crippen molar-refractivity contribution in [3.63, 3.8) is 0 Å². The van der Waals surface area contributed by atoms with Gasteiger partial charge in [-0.1, -0.05) is 34.0 Å². The van der Waals surface area contributed by atoms with Crippen LogP contribution in [0.5, 0.6) is 0 Å². The smallest absolute Gasteiger partial charge is 0.160 e. The Labute approximate surface area is 112 Å². The average Bonchev–Trinajstić information content (AvgIpc) is 2.76. The van der Waals surface area contributed by atoms with Crippen LogP contribution in [0.4, 0.5) is 8.78 Å². The summed E-state index contributed by atoms with van der Waals surface area (Å²) in [6.07, 6.45) is 3.83. The third kappa shape index (κ3) is 1.91. The van der Waals surface area contributed by atoms with Crippen molar-refractivity contribution in [2.75, 3.05) is 0 Å². The second-order valence-corrected chi connectivity index (χ2v) is 6.42. The Morgan fingerprint density at radius 1 is 1.18 bits per heavy atom. The second-order valence-electron chi connectivity index (χ2n) is 5.03. The number of hydrogen-bond donors (Lipinski definition) is 0. The molecule has 0 bridgehead atoms. The fraction of sp³-hybridized carbons (Fsp3) is 0.538. The first-order valence-electron chi connectivity index (χ1n) is 5.88. The lowest BCUT2D eigenvalue weighted by molar-refractivity contribution is 0.505. The molecule has 17 heavy (non-hydrogen) atoms. The van der Waals surface area contributed by atoms with Gasteiger partial charge in [0.15, 0.2) is 11.6 Å². The normalized spacial score (nSPS) is 32.4. The molecule has 2 fully saturated rings. The van der Waals surface area contributed by atoms with Gasteiger partial charge >= 0.3 is 0 Å². The highest BCUT2D eigenvalue weighted by molar-refractivity contribution is 9.09. The summed E-state index contributed by atoms with van der Waals surface area (Å²) in [6, 6.07) is 2.30. The van der Waals surface area contributed by atoms with Crippen molar-refractivity contribution in [2.24, 2.45) is 17.8 Å². The zero-order chi connectivity index (χ0) is 12.2. The molecule has 4 heteroatoms. The fourth-order valence-electron chi connectivity index (χ4n) is 3.27. The zero-order valence-electron chi connectivity index (χ0n) is 9.10. The molecule has 2 saturated carbocycles. The van der Waals surface area contributed by atoms with E-state index in [4.69, 9.17) is 11.6 Å². The molecule has 0 aliphatic heterocycles. The third-order valence-electron chi connectivity index (χ3n) is 4.15. The van der Waals surface area contributed by atoms with Crippen molar-refractivity contribution in [1.29, 1.82) is 0 Å². The van der Waals surface area contributed by atoms with E-state index in [-0.39, 0.29) is 4.83 Å². The van der Waals surface area contributed by atoms with Gasteiger partial charge in [-0.3, -0.25) is 0 Å². The predicted octanol–water partition coefficient (Wildman–Crippen LogP) is 5.10. The number of alkyl halides is 1. The van der Waals surface area contributed by atoms with Crippen LogP contribution in [0.25, 0.3) is 0 Å². The first-order valence-corrected chi connectivity index (χ1v) is 7.17. The van der Waals surface area contributed by atoms with E-state index in [9.17, 15) is 8.78 Å². The Morgan fingerprint density at radius 2 is 1.76 bits per heavy atom. The molecule has 92 valence electrons. The van der Waals surface area contributed by atoms with Crippen LogP contribution < -0.4 is 0 Å². The summed E-state index contributed by atoms with van der Waals surface area (Å²) in [7, 11) is 0. The Morgan fingerprint density at radius 3 is 2.41 bits per heavy atom. The molecular formula is C13H12BrClF2. The van der Waals surface area contributed by atoms with Gasteiger partial charge in [-0.05, 0) is 48.3 Å². The zero-order valence-corrected chi connectivity index (χ0v) is 11.4. The van der Waals surface area contributed by atoms with Gasteiger partial charge in [-0.15, -0.1) is 0 Å². The largest absolute Gasteiger partial charge is 0.204 e. The molecule has 0 N–H and O–H groups in total. The first-order chi connectivity index (χ1) is 8.09. The van der Waals surface area contributed by atoms with Crippen LogP contribution in [-0.2, 0) is 0 Å². The molecule has 3 rings (SSSR count). The van der Waals surface area contributed by atoms with Gasteiger partial charge in [0.25, 0.3) is 0 Å². The highest BCUT2D eigenvalue weighted by Crippen LogP contribution is 2.64. The lowest BCUT2D eigenvalue weighted by Gasteiger charge is -2.14. The molecule has 3 unspecified atom stereocenters. The molecule has 0 heterocycles. The molecule has 0 nitrogen and oxygen atoms in total. The van der Waals surface area contributed by atoms with E-state index in [1.54, 1.807) is 0 Å². The molecule has 3 atom stereocenters. The van der Waals surface area contributed by atoms with Crippen LogP contribution in [-0.4, -0.2) is 0 Å². The van der Waals surface area contributed by atoms with E-state index in [1.807, 2.05) is 0 Å². The van der Waals surface area contributed by atoms with Gasteiger partial charge in [-0.25, -0.2) is 8.78 Å². The Kier molecular flexibility index (Phi) is 2.94. The minimum atomic E-state index is -0.880. The minimum absolute atomic E-state index is 0.0559. The molecule has 2 aliphatic rings. The van der Waals surface area contributed by atoms with Crippen molar-refractivity contribution in [3.05, 3.63) is 34.4 Å². The molecule has 0 aromatic heterocycles. The lowest BCUT2D eigenvalue weighted by Crippen LogP contribution is -2.01. The standard InChI is InChI=1S/C13H12BrClF2/c14-13(12-6-2-1-3-7(6)12)8-4-10(16)11(17)5-9(8)15/h4-7,12-13H,1-3H2. The van der Waals surface area contributed by atoms with E-state index in [2.05, 4.69) is 15.9 Å². The topological polar surface area (TPSA) is 0 Å². The van der Waals surface area contributed by atoms with Crippen molar-refractivity contribution in [3.8, 4) is 0 Å². The molecule has 1 aromatic rings. The lowest BCUT2D eigenvalue weighted by atomic mass is 10.0. The van der Waals surface area contributed by atoms with Gasteiger partial charge < -0.3 is 0 Å². The van der Waals surface area contributed by atoms with Crippen molar-refractivity contribution < 1.29 is 8.78 Å². The molecule has 1 aromatic carbocycles. The number of rotatable bonds is 2. The third-order valence-corrected chi connectivity index (χ3v) is 5.58. The van der Waals surface area contributed by atoms with Crippen molar-refractivity contribution in [1.82, 2.24) is 0 Å². The molecule has 0 radical (unpaired) electrons. The van der Waals surface area contributed by atoms with Crippen LogP contribution >= 0.6 is 27.5 Å². The highest BCUT2D eigenvalue weighted by atomic mass is 79.9. The van der Waals surface area contributed by atoms with Gasteiger partial charge in [0, 0.05) is 9.85 Å². The number of benzene rings is 1. The quantitative estimate of drug-likeness (QED) is 0.525.